The number of carbonyl (C=O) groups excluding carboxylic acids is 1. The van der Waals surface area contributed by atoms with Crippen LogP contribution >= 0.6 is 22.9 Å². The van der Waals surface area contributed by atoms with Crippen molar-refractivity contribution in [2.75, 3.05) is 6.54 Å². The molecule has 2 heterocycles. The number of amides is 1. The Morgan fingerprint density at radius 3 is 2.78 bits per heavy atom. The van der Waals surface area contributed by atoms with Crippen LogP contribution in [-0.4, -0.2) is 22.2 Å². The zero-order chi connectivity index (χ0) is 16.1. The molecule has 0 fully saturated rings. The second kappa shape index (κ2) is 7.44. The average molecular weight is 346 g/mol. The highest BCUT2D eigenvalue weighted by molar-refractivity contribution is 7.08. The minimum absolute atomic E-state index is 0.00228. The molecule has 0 unspecified atom stereocenters. The fourth-order valence-electron chi connectivity index (χ4n) is 2.21. The molecule has 0 spiro atoms. The maximum absolute atomic E-state index is 11.9. The number of hydrogen-bond donors (Lipinski definition) is 1. The third kappa shape index (κ3) is 4.43. The lowest BCUT2D eigenvalue weighted by Gasteiger charge is -2.06. The van der Waals surface area contributed by atoms with E-state index in [4.69, 9.17) is 11.6 Å². The maximum Gasteiger partial charge on any atom is 0.224 e. The van der Waals surface area contributed by atoms with Gasteiger partial charge >= 0.3 is 0 Å². The summed E-state index contributed by atoms with van der Waals surface area (Å²) in [7, 11) is 0. The lowest BCUT2D eigenvalue weighted by molar-refractivity contribution is -0.120. The predicted octanol–water partition coefficient (Wildman–Crippen LogP) is 3.62. The fraction of sp³-hybridized carbons (Fsp3) is 0.176. The molecule has 0 radical (unpaired) electrons. The number of carbonyl (C=O) groups is 1. The fourth-order valence-corrected chi connectivity index (χ4v) is 2.99. The van der Waals surface area contributed by atoms with Crippen molar-refractivity contribution in [2.24, 2.45) is 0 Å². The number of rotatable bonds is 6. The third-order valence-corrected chi connectivity index (χ3v) is 4.33. The van der Waals surface area contributed by atoms with E-state index in [1.54, 1.807) is 23.5 Å². The van der Waals surface area contributed by atoms with Gasteiger partial charge < -0.3 is 5.32 Å². The summed E-state index contributed by atoms with van der Waals surface area (Å²) in [6.07, 6.45) is 2.29. The van der Waals surface area contributed by atoms with Crippen LogP contribution in [0.5, 0.6) is 0 Å². The van der Waals surface area contributed by atoms with Crippen LogP contribution in [0.1, 0.15) is 5.56 Å². The van der Waals surface area contributed by atoms with Crippen molar-refractivity contribution in [3.63, 3.8) is 0 Å². The molecule has 3 rings (SSSR count). The van der Waals surface area contributed by atoms with Crippen LogP contribution in [0.15, 0.2) is 53.4 Å². The van der Waals surface area contributed by atoms with E-state index in [9.17, 15) is 4.79 Å². The van der Waals surface area contributed by atoms with Crippen LogP contribution in [0.3, 0.4) is 0 Å². The second-order valence-electron chi connectivity index (χ2n) is 5.13. The Kier molecular flexibility index (Phi) is 5.10. The molecule has 1 amide bonds. The van der Waals surface area contributed by atoms with E-state index in [0.717, 1.165) is 16.8 Å². The van der Waals surface area contributed by atoms with E-state index in [2.05, 4.69) is 15.8 Å². The van der Waals surface area contributed by atoms with Crippen molar-refractivity contribution in [2.45, 2.75) is 13.0 Å². The zero-order valence-corrected chi connectivity index (χ0v) is 14.0. The summed E-state index contributed by atoms with van der Waals surface area (Å²) < 4.78 is 1.84. The molecule has 0 aliphatic rings. The number of halogens is 1. The van der Waals surface area contributed by atoms with Crippen molar-refractivity contribution in [1.82, 2.24) is 15.1 Å². The summed E-state index contributed by atoms with van der Waals surface area (Å²) in [6.45, 7) is 1.20. The molecule has 6 heteroatoms. The molecule has 0 aliphatic carbocycles. The first-order valence-corrected chi connectivity index (χ1v) is 8.60. The molecule has 1 aromatic carbocycles. The Morgan fingerprint density at radius 2 is 2.04 bits per heavy atom. The Morgan fingerprint density at radius 1 is 1.22 bits per heavy atom. The van der Waals surface area contributed by atoms with E-state index in [1.165, 1.54) is 0 Å². The van der Waals surface area contributed by atoms with Gasteiger partial charge in [-0.3, -0.25) is 9.48 Å². The van der Waals surface area contributed by atoms with Gasteiger partial charge in [-0.05, 0) is 35.2 Å². The molecule has 0 aliphatic heterocycles. The molecule has 1 N–H and O–H groups in total. The lowest BCUT2D eigenvalue weighted by Crippen LogP contribution is -2.28. The standard InChI is InChI=1S/C17H16ClN3OS/c18-15-3-1-13(2-4-15)11-17(22)19-7-9-21-8-5-16(20-21)14-6-10-23-12-14/h1-6,8,10,12H,7,9,11H2,(H,19,22). The summed E-state index contributed by atoms with van der Waals surface area (Å²) in [4.78, 5) is 11.9. The Bertz CT molecular complexity index is 766. The normalized spacial score (nSPS) is 10.7. The lowest BCUT2D eigenvalue weighted by atomic mass is 10.1. The number of nitrogens with one attached hydrogen (secondary N) is 1. The van der Waals surface area contributed by atoms with Gasteiger partial charge in [0.25, 0.3) is 0 Å². The average Bonchev–Trinajstić information content (AvgIpc) is 3.20. The van der Waals surface area contributed by atoms with Crippen LogP contribution < -0.4 is 5.32 Å². The van der Waals surface area contributed by atoms with Crippen LogP contribution in [0.2, 0.25) is 5.02 Å². The molecule has 118 valence electrons. The first kappa shape index (κ1) is 15.8. The second-order valence-corrected chi connectivity index (χ2v) is 6.35. The first-order valence-electron chi connectivity index (χ1n) is 7.28. The third-order valence-electron chi connectivity index (χ3n) is 3.40. The van der Waals surface area contributed by atoms with Crippen molar-refractivity contribution < 1.29 is 4.79 Å². The van der Waals surface area contributed by atoms with Gasteiger partial charge in [-0.25, -0.2) is 0 Å². The topological polar surface area (TPSA) is 46.9 Å². The summed E-state index contributed by atoms with van der Waals surface area (Å²) in [6, 6.07) is 11.3. The highest BCUT2D eigenvalue weighted by atomic mass is 35.5. The Hall–Kier alpha value is -2.11. The van der Waals surface area contributed by atoms with Gasteiger partial charge in [0, 0.05) is 28.7 Å². The van der Waals surface area contributed by atoms with Crippen LogP contribution in [-0.2, 0) is 17.8 Å². The van der Waals surface area contributed by atoms with Crippen molar-refractivity contribution in [1.29, 1.82) is 0 Å². The zero-order valence-electron chi connectivity index (χ0n) is 12.4. The van der Waals surface area contributed by atoms with Crippen LogP contribution in [0.4, 0.5) is 0 Å². The summed E-state index contributed by atoms with van der Waals surface area (Å²) in [5, 5.41) is 12.2. The van der Waals surface area contributed by atoms with Gasteiger partial charge in [-0.15, -0.1) is 0 Å². The molecule has 3 aromatic rings. The Labute approximate surface area is 143 Å². The van der Waals surface area contributed by atoms with E-state index in [-0.39, 0.29) is 5.91 Å². The van der Waals surface area contributed by atoms with Crippen molar-refractivity contribution in [3.05, 3.63) is 63.9 Å². The van der Waals surface area contributed by atoms with Crippen LogP contribution in [0.25, 0.3) is 11.3 Å². The molecule has 4 nitrogen and oxygen atoms in total. The molecule has 0 atom stereocenters. The largest absolute Gasteiger partial charge is 0.354 e. The maximum atomic E-state index is 11.9. The van der Waals surface area contributed by atoms with Gasteiger partial charge in [-0.2, -0.15) is 16.4 Å². The molecule has 0 saturated carbocycles. The monoisotopic (exact) mass is 345 g/mol. The highest BCUT2D eigenvalue weighted by Gasteiger charge is 2.05. The minimum Gasteiger partial charge on any atom is -0.354 e. The van der Waals surface area contributed by atoms with E-state index < -0.39 is 0 Å². The SMILES string of the molecule is O=C(Cc1ccc(Cl)cc1)NCCn1ccc(-c2ccsc2)n1. The van der Waals surface area contributed by atoms with E-state index >= 15 is 0 Å². The van der Waals surface area contributed by atoms with E-state index in [0.29, 0.717) is 24.5 Å². The van der Waals surface area contributed by atoms with Gasteiger partial charge in [0.1, 0.15) is 0 Å². The van der Waals surface area contributed by atoms with Crippen LogP contribution in [0, 0.1) is 0 Å². The van der Waals surface area contributed by atoms with Crippen molar-refractivity contribution >= 4 is 28.8 Å². The van der Waals surface area contributed by atoms with Gasteiger partial charge in [-0.1, -0.05) is 23.7 Å². The minimum atomic E-state index is -0.00228. The van der Waals surface area contributed by atoms with Gasteiger partial charge in [0.2, 0.25) is 5.91 Å². The summed E-state index contributed by atoms with van der Waals surface area (Å²) >= 11 is 7.48. The predicted molar refractivity (Wildman–Crippen MR) is 93.7 cm³/mol. The molecule has 23 heavy (non-hydrogen) atoms. The highest BCUT2D eigenvalue weighted by Crippen LogP contribution is 2.19. The van der Waals surface area contributed by atoms with Gasteiger partial charge in [0.15, 0.2) is 0 Å². The summed E-state index contributed by atoms with van der Waals surface area (Å²) in [5.74, 6) is -0.00228. The molecular weight excluding hydrogens is 330 g/mol. The first-order chi connectivity index (χ1) is 11.2. The van der Waals surface area contributed by atoms with Gasteiger partial charge in [0.05, 0.1) is 18.7 Å². The number of benzene rings is 1. The number of aromatic nitrogens is 2. The summed E-state index contributed by atoms with van der Waals surface area (Å²) in [5.41, 5.74) is 3.03. The molecule has 0 bridgehead atoms. The molecule has 2 aromatic heterocycles. The van der Waals surface area contributed by atoms with E-state index in [1.807, 2.05) is 40.5 Å². The number of nitrogens with zero attached hydrogens (tertiary/aromatic N) is 2. The molecule has 0 saturated heterocycles. The smallest absolute Gasteiger partial charge is 0.224 e. The number of thiophene rings is 1. The van der Waals surface area contributed by atoms with Crippen molar-refractivity contribution in [3.8, 4) is 11.3 Å². The molecular formula is C17H16ClN3OS. The quantitative estimate of drug-likeness (QED) is 0.741. The number of hydrogen-bond acceptors (Lipinski definition) is 3. The Balaban J connectivity index is 1.46.